The predicted molar refractivity (Wildman–Crippen MR) is 82.5 cm³/mol. The van der Waals surface area contributed by atoms with Gasteiger partial charge in [-0.3, -0.25) is 0 Å². The van der Waals surface area contributed by atoms with Gasteiger partial charge in [0.25, 0.3) is 0 Å². The van der Waals surface area contributed by atoms with E-state index in [1.165, 1.54) is 6.07 Å². The summed E-state index contributed by atoms with van der Waals surface area (Å²) in [6.07, 6.45) is -5.18. The van der Waals surface area contributed by atoms with Gasteiger partial charge in [0.2, 0.25) is 0 Å². The number of rotatable bonds is 3. The van der Waals surface area contributed by atoms with Crippen LogP contribution in [-0.4, -0.2) is 6.18 Å². The number of hydrogen-bond donors (Lipinski definition) is 0. The van der Waals surface area contributed by atoms with Crippen LogP contribution in [0.4, 0.5) is 22.0 Å². The Labute approximate surface area is 139 Å². The second kappa shape index (κ2) is 6.23. The Hall–Kier alpha value is -1.43. The van der Waals surface area contributed by atoms with Gasteiger partial charge in [-0.1, -0.05) is 35.0 Å². The third kappa shape index (κ3) is 3.42. The van der Waals surface area contributed by atoms with E-state index in [4.69, 9.17) is 0 Å². The third-order valence-corrected chi connectivity index (χ3v) is 4.07. The van der Waals surface area contributed by atoms with Gasteiger partial charge in [0.05, 0.1) is 0 Å². The quantitative estimate of drug-likeness (QED) is 0.528. The van der Waals surface area contributed by atoms with Crippen molar-refractivity contribution in [3.8, 4) is 11.1 Å². The van der Waals surface area contributed by atoms with Crippen molar-refractivity contribution in [3.05, 3.63) is 57.6 Å². The Balaban J connectivity index is 2.78. The molecule has 2 rings (SSSR count). The fraction of sp³-hybridized carbons (Fsp3) is 0.294. The van der Waals surface area contributed by atoms with Gasteiger partial charge in [0, 0.05) is 10.0 Å². The van der Waals surface area contributed by atoms with E-state index in [1.807, 2.05) is 0 Å². The van der Waals surface area contributed by atoms with Gasteiger partial charge in [-0.05, 0) is 59.9 Å². The molecule has 0 spiro atoms. The molecule has 23 heavy (non-hydrogen) atoms. The summed E-state index contributed by atoms with van der Waals surface area (Å²) in [5.74, 6) is -4.94. The van der Waals surface area contributed by atoms with Crippen LogP contribution in [0.5, 0.6) is 0 Å². The molecule has 2 aromatic carbocycles. The fourth-order valence-corrected chi connectivity index (χ4v) is 2.62. The molecule has 0 saturated carbocycles. The first-order chi connectivity index (χ1) is 10.6. The lowest BCUT2D eigenvalue weighted by Crippen LogP contribution is -2.34. The van der Waals surface area contributed by atoms with Crippen LogP contribution in [0.3, 0.4) is 0 Å². The van der Waals surface area contributed by atoms with E-state index in [-0.39, 0.29) is 5.56 Å². The summed E-state index contributed by atoms with van der Waals surface area (Å²) in [7, 11) is 0. The molecule has 0 aliphatic rings. The van der Waals surface area contributed by atoms with Gasteiger partial charge < -0.3 is 0 Å². The van der Waals surface area contributed by atoms with Gasteiger partial charge in [-0.25, -0.2) is 0 Å². The first kappa shape index (κ1) is 17.9. The van der Waals surface area contributed by atoms with E-state index in [0.717, 1.165) is 6.07 Å². The Morgan fingerprint density at radius 3 is 2.26 bits per heavy atom. The summed E-state index contributed by atoms with van der Waals surface area (Å²) < 4.78 is 66.9. The van der Waals surface area contributed by atoms with E-state index < -0.39 is 17.7 Å². The molecule has 0 heterocycles. The van der Waals surface area contributed by atoms with E-state index in [2.05, 4.69) is 22.0 Å². The highest BCUT2D eigenvalue weighted by molar-refractivity contribution is 9.10. The highest BCUT2D eigenvalue weighted by Crippen LogP contribution is 2.47. The van der Waals surface area contributed by atoms with Crippen LogP contribution in [0.1, 0.15) is 23.6 Å². The number of alkyl halides is 5. The van der Waals surface area contributed by atoms with Crippen LogP contribution in [0.25, 0.3) is 11.1 Å². The van der Waals surface area contributed by atoms with Gasteiger partial charge in [0.15, 0.2) is 0 Å². The Kier molecular flexibility index (Phi) is 4.85. The lowest BCUT2D eigenvalue weighted by atomic mass is 9.90. The van der Waals surface area contributed by atoms with Crippen molar-refractivity contribution < 1.29 is 22.0 Å². The molecular weight excluding hydrogens is 379 g/mol. The number of benzene rings is 2. The molecule has 0 nitrogen and oxygen atoms in total. The normalized spacial score (nSPS) is 12.5. The molecule has 0 unspecified atom stereocenters. The molecule has 2 aromatic rings. The molecule has 0 aliphatic heterocycles. The maximum absolute atomic E-state index is 13.9. The van der Waals surface area contributed by atoms with Crippen molar-refractivity contribution in [2.45, 2.75) is 32.4 Å². The first-order valence-electron chi connectivity index (χ1n) is 6.84. The zero-order valence-electron chi connectivity index (χ0n) is 12.4. The molecule has 1 radical (unpaired) electrons. The summed E-state index contributed by atoms with van der Waals surface area (Å²) in [4.78, 5) is 0. The average Bonchev–Trinajstić information content (AvgIpc) is 2.48. The average molecular weight is 392 g/mol. The summed E-state index contributed by atoms with van der Waals surface area (Å²) in [5, 5.41) is 0. The van der Waals surface area contributed by atoms with Crippen molar-refractivity contribution in [1.82, 2.24) is 0 Å². The molecule has 0 N–H and O–H groups in total. The van der Waals surface area contributed by atoms with Gasteiger partial charge in [-0.15, -0.1) is 0 Å². The molecule has 0 amide bonds. The van der Waals surface area contributed by atoms with Gasteiger partial charge in [0.1, 0.15) is 0 Å². The molecule has 0 saturated heterocycles. The SMILES string of the molecule is CCc1[c]cc(C(F)(F)C(F)(F)F)c(-c2cc(Br)ccc2C)c1. The van der Waals surface area contributed by atoms with Crippen LogP contribution in [0.15, 0.2) is 34.8 Å². The molecule has 0 aromatic heterocycles. The number of halogens is 6. The van der Waals surface area contributed by atoms with Crippen LogP contribution < -0.4 is 0 Å². The minimum atomic E-state index is -5.66. The van der Waals surface area contributed by atoms with E-state index in [0.29, 0.717) is 27.6 Å². The van der Waals surface area contributed by atoms with Gasteiger partial charge >= 0.3 is 12.1 Å². The lowest BCUT2D eigenvalue weighted by Gasteiger charge is -2.24. The predicted octanol–water partition coefficient (Wildman–Crippen LogP) is 6.44. The van der Waals surface area contributed by atoms with Crippen LogP contribution in [0.2, 0.25) is 0 Å². The molecule has 0 bridgehead atoms. The van der Waals surface area contributed by atoms with Crippen molar-refractivity contribution >= 4 is 15.9 Å². The standard InChI is InChI=1S/C17H13BrF5/c1-3-11-5-7-15(16(19,20)17(21,22)23)14(8-11)13-9-12(18)6-4-10(13)2/h4,6-9H,3H2,1-2H3. The van der Waals surface area contributed by atoms with Gasteiger partial charge in [-0.2, -0.15) is 22.0 Å². The van der Waals surface area contributed by atoms with Crippen LogP contribution >= 0.6 is 15.9 Å². The van der Waals surface area contributed by atoms with E-state index in [9.17, 15) is 22.0 Å². The molecule has 0 atom stereocenters. The number of hydrogen-bond acceptors (Lipinski definition) is 0. The monoisotopic (exact) mass is 391 g/mol. The van der Waals surface area contributed by atoms with E-state index >= 15 is 0 Å². The zero-order chi connectivity index (χ0) is 17.4. The molecule has 0 aliphatic carbocycles. The Morgan fingerprint density at radius 1 is 1.04 bits per heavy atom. The van der Waals surface area contributed by atoms with E-state index in [1.54, 1.807) is 32.0 Å². The molecular formula is C17H13BrF5. The summed E-state index contributed by atoms with van der Waals surface area (Å²) >= 11 is 3.23. The second-order valence-electron chi connectivity index (χ2n) is 5.17. The second-order valence-corrected chi connectivity index (χ2v) is 6.09. The smallest absolute Gasteiger partial charge is 0.191 e. The summed E-state index contributed by atoms with van der Waals surface area (Å²) in [6.45, 7) is 3.45. The van der Waals surface area contributed by atoms with Crippen molar-refractivity contribution in [2.75, 3.05) is 0 Å². The maximum Gasteiger partial charge on any atom is 0.458 e. The fourth-order valence-electron chi connectivity index (χ4n) is 2.26. The lowest BCUT2D eigenvalue weighted by molar-refractivity contribution is -0.289. The highest BCUT2D eigenvalue weighted by atomic mass is 79.9. The minimum absolute atomic E-state index is 0.123. The van der Waals surface area contributed by atoms with Crippen molar-refractivity contribution in [3.63, 3.8) is 0 Å². The Morgan fingerprint density at radius 2 is 1.70 bits per heavy atom. The van der Waals surface area contributed by atoms with Crippen molar-refractivity contribution in [2.24, 2.45) is 0 Å². The molecule has 0 fully saturated rings. The Bertz CT molecular complexity index is 719. The van der Waals surface area contributed by atoms with Crippen LogP contribution in [0, 0.1) is 13.0 Å². The largest absolute Gasteiger partial charge is 0.458 e. The minimum Gasteiger partial charge on any atom is -0.191 e. The summed E-state index contributed by atoms with van der Waals surface area (Å²) in [5.41, 5.74) is 0.314. The number of aryl methyl sites for hydroxylation is 2. The summed E-state index contributed by atoms with van der Waals surface area (Å²) in [6, 6.07) is 9.53. The highest BCUT2D eigenvalue weighted by Gasteiger charge is 2.59. The molecule has 6 heteroatoms. The van der Waals surface area contributed by atoms with Crippen LogP contribution in [-0.2, 0) is 12.3 Å². The first-order valence-corrected chi connectivity index (χ1v) is 7.63. The topological polar surface area (TPSA) is 0 Å². The third-order valence-electron chi connectivity index (χ3n) is 3.58. The van der Waals surface area contributed by atoms with Crippen molar-refractivity contribution in [1.29, 1.82) is 0 Å². The molecule has 123 valence electrons. The zero-order valence-corrected chi connectivity index (χ0v) is 13.9. The maximum atomic E-state index is 13.9.